The van der Waals surface area contributed by atoms with Crippen LogP contribution in [0.2, 0.25) is 0 Å². The number of hydrogen-bond acceptors (Lipinski definition) is 8. The van der Waals surface area contributed by atoms with E-state index in [4.69, 9.17) is 5.11 Å². The van der Waals surface area contributed by atoms with Crippen molar-refractivity contribution in [3.05, 3.63) is 83.4 Å². The van der Waals surface area contributed by atoms with E-state index in [0.29, 0.717) is 49.3 Å². The predicted molar refractivity (Wildman–Crippen MR) is 198 cm³/mol. The molecule has 2 saturated carbocycles. The lowest BCUT2D eigenvalue weighted by Gasteiger charge is -2.29. The lowest BCUT2D eigenvalue weighted by molar-refractivity contribution is -0.130. The van der Waals surface area contributed by atoms with Gasteiger partial charge in [0, 0.05) is 41.7 Å². The molecule has 0 spiro atoms. The highest BCUT2D eigenvalue weighted by atomic mass is 16.4. The number of amides is 4. The van der Waals surface area contributed by atoms with Crippen LogP contribution in [0.4, 0.5) is 10.5 Å². The first-order chi connectivity index (χ1) is 25.6. The Bertz CT molecular complexity index is 1870. The number of aliphatic hydroxyl groups is 1. The molecule has 14 nitrogen and oxygen atoms in total. The number of carbonyl (C=O) groups is 4. The summed E-state index contributed by atoms with van der Waals surface area (Å²) in [5, 5.41) is 44.2. The second-order valence-corrected chi connectivity index (χ2v) is 14.2. The van der Waals surface area contributed by atoms with Crippen LogP contribution in [0.5, 0.6) is 0 Å². The topological polar surface area (TPSA) is 211 Å². The number of nitrogens with one attached hydrogen (secondary N) is 5. The van der Waals surface area contributed by atoms with Gasteiger partial charge in [0.2, 0.25) is 17.6 Å². The molecule has 0 radical (unpaired) electrons. The zero-order valence-electron chi connectivity index (χ0n) is 29.7. The second kappa shape index (κ2) is 17.3. The van der Waals surface area contributed by atoms with Crippen LogP contribution in [-0.2, 0) is 16.0 Å². The van der Waals surface area contributed by atoms with Crippen molar-refractivity contribution >= 4 is 29.5 Å². The van der Waals surface area contributed by atoms with Gasteiger partial charge in [0.15, 0.2) is 0 Å². The number of nitrogens with zero attached hydrogens (tertiary/aromatic N) is 3. The normalized spacial score (nSPS) is 20.5. The maximum absolute atomic E-state index is 13.8. The van der Waals surface area contributed by atoms with Crippen molar-refractivity contribution in [1.82, 2.24) is 36.6 Å². The third-order valence-electron chi connectivity index (χ3n) is 10.4. The van der Waals surface area contributed by atoms with Gasteiger partial charge < -0.3 is 31.5 Å². The van der Waals surface area contributed by atoms with Crippen molar-refractivity contribution in [2.75, 3.05) is 11.9 Å². The van der Waals surface area contributed by atoms with E-state index in [1.165, 1.54) is 0 Å². The number of anilines is 1. The number of tetrazole rings is 1. The predicted octanol–water partition coefficient (Wildman–Crippen LogP) is 4.62. The lowest BCUT2D eigenvalue weighted by atomic mass is 9.81. The van der Waals surface area contributed by atoms with Crippen molar-refractivity contribution in [3.8, 4) is 22.5 Å². The highest BCUT2D eigenvalue weighted by Crippen LogP contribution is 2.30. The number of benzene rings is 3. The van der Waals surface area contributed by atoms with E-state index in [9.17, 15) is 24.3 Å². The molecule has 7 N–H and O–H groups in total. The summed E-state index contributed by atoms with van der Waals surface area (Å²) in [5.74, 6) is -0.376. The third-order valence-corrected chi connectivity index (χ3v) is 10.4. The molecule has 1 aromatic heterocycles. The van der Waals surface area contributed by atoms with Gasteiger partial charge >= 0.3 is 6.09 Å². The zero-order chi connectivity index (χ0) is 37.3. The molecule has 2 fully saturated rings. The summed E-state index contributed by atoms with van der Waals surface area (Å²) in [5.41, 5.74) is 5.53. The number of aliphatic hydroxyl groups excluding tert-OH is 1. The van der Waals surface area contributed by atoms with Crippen molar-refractivity contribution in [3.63, 3.8) is 0 Å². The summed E-state index contributed by atoms with van der Waals surface area (Å²) in [6.07, 6.45) is 4.45. The maximum atomic E-state index is 13.8. The summed E-state index contributed by atoms with van der Waals surface area (Å²) in [4.78, 5) is 51.3. The Hall–Kier alpha value is -5.63. The average Bonchev–Trinajstić information content (AvgIpc) is 3.71. The fourth-order valence-corrected chi connectivity index (χ4v) is 7.19. The van der Waals surface area contributed by atoms with E-state index in [1.54, 1.807) is 24.3 Å². The van der Waals surface area contributed by atoms with E-state index < -0.39 is 12.1 Å². The van der Waals surface area contributed by atoms with Crippen LogP contribution in [0.25, 0.3) is 22.5 Å². The van der Waals surface area contributed by atoms with Gasteiger partial charge in [-0.05, 0) is 128 Å². The van der Waals surface area contributed by atoms with Gasteiger partial charge in [-0.15, -0.1) is 10.2 Å². The van der Waals surface area contributed by atoms with Gasteiger partial charge in [-0.2, -0.15) is 5.21 Å². The molecule has 0 aliphatic heterocycles. The number of aromatic amines is 1. The van der Waals surface area contributed by atoms with Crippen molar-refractivity contribution < 1.29 is 29.4 Å². The number of H-pyrrole nitrogens is 1. The van der Waals surface area contributed by atoms with Gasteiger partial charge in [0.25, 0.3) is 5.91 Å². The first-order valence-corrected chi connectivity index (χ1v) is 18.2. The van der Waals surface area contributed by atoms with Gasteiger partial charge in [-0.3, -0.25) is 14.4 Å². The molecule has 4 amide bonds. The van der Waals surface area contributed by atoms with E-state index in [1.807, 2.05) is 49.4 Å². The first kappa shape index (κ1) is 37.1. The van der Waals surface area contributed by atoms with E-state index in [-0.39, 0.29) is 48.1 Å². The Kier molecular flexibility index (Phi) is 12.1. The monoisotopic (exact) mass is 722 g/mol. The van der Waals surface area contributed by atoms with Crippen LogP contribution in [0, 0.1) is 18.8 Å². The Balaban J connectivity index is 1.14. The maximum Gasteiger partial charge on any atom is 0.404 e. The van der Waals surface area contributed by atoms with Crippen LogP contribution in [-0.4, -0.2) is 79.4 Å². The van der Waals surface area contributed by atoms with E-state index >= 15 is 0 Å². The number of carbonyl (C=O) groups excluding carboxylic acids is 3. The summed E-state index contributed by atoms with van der Waals surface area (Å²) >= 11 is 0. The number of rotatable bonds is 12. The fraction of sp³-hybridized carbons (Fsp3) is 0.410. The Morgan fingerprint density at radius 3 is 2.23 bits per heavy atom. The zero-order valence-corrected chi connectivity index (χ0v) is 29.7. The molecule has 1 atom stereocenters. The molecular formula is C39H46N8O6. The lowest BCUT2D eigenvalue weighted by Crippen LogP contribution is -2.48. The SMILES string of the molecule is Cc1ccc(C(=O)N[C@H]2CC[C@H](O)CC2)cc1-c1ccc(C[C@H](NC(=O)[C@H]2CC[C@H](CNC(=O)O)CC2)C(=O)Nc2ccc(-c3nn[nH]n3)cc2)cc1. The molecule has 2 aliphatic carbocycles. The number of aryl methyl sites for hydroxylation is 1. The highest BCUT2D eigenvalue weighted by Gasteiger charge is 2.30. The van der Waals surface area contributed by atoms with Crippen molar-refractivity contribution in [1.29, 1.82) is 0 Å². The molecule has 278 valence electrons. The number of aromatic nitrogens is 4. The Labute approximate surface area is 307 Å². The third kappa shape index (κ3) is 10.0. The van der Waals surface area contributed by atoms with Crippen molar-refractivity contribution in [2.24, 2.45) is 11.8 Å². The minimum Gasteiger partial charge on any atom is -0.465 e. The largest absolute Gasteiger partial charge is 0.465 e. The molecule has 0 bridgehead atoms. The van der Waals surface area contributed by atoms with Crippen LogP contribution in [0.15, 0.2) is 66.7 Å². The van der Waals surface area contributed by atoms with Gasteiger partial charge in [-0.1, -0.05) is 30.3 Å². The van der Waals surface area contributed by atoms with Gasteiger partial charge in [-0.25, -0.2) is 4.79 Å². The molecule has 6 rings (SSSR count). The van der Waals surface area contributed by atoms with Crippen LogP contribution < -0.4 is 21.3 Å². The quantitative estimate of drug-likeness (QED) is 0.109. The molecule has 3 aromatic carbocycles. The average molecular weight is 723 g/mol. The molecule has 0 unspecified atom stereocenters. The van der Waals surface area contributed by atoms with E-state index in [2.05, 4.69) is 41.9 Å². The number of hydrogen-bond donors (Lipinski definition) is 7. The smallest absolute Gasteiger partial charge is 0.404 e. The minimum atomic E-state index is -1.06. The Morgan fingerprint density at radius 2 is 1.57 bits per heavy atom. The minimum absolute atomic E-state index is 0.0489. The summed E-state index contributed by atoms with van der Waals surface area (Å²) in [7, 11) is 0. The molecule has 53 heavy (non-hydrogen) atoms. The molecule has 1 heterocycles. The van der Waals surface area contributed by atoms with Crippen LogP contribution in [0.1, 0.15) is 72.9 Å². The summed E-state index contributed by atoms with van der Waals surface area (Å²) < 4.78 is 0. The second-order valence-electron chi connectivity index (χ2n) is 14.2. The molecule has 4 aromatic rings. The van der Waals surface area contributed by atoms with Gasteiger partial charge in [0.05, 0.1) is 6.10 Å². The first-order valence-electron chi connectivity index (χ1n) is 18.2. The highest BCUT2D eigenvalue weighted by molar-refractivity contribution is 5.98. The molecule has 0 saturated heterocycles. The summed E-state index contributed by atoms with van der Waals surface area (Å²) in [6, 6.07) is 19.6. The molecular weight excluding hydrogens is 676 g/mol. The standard InChI is InChI=1S/C39H46N8O6/c1-23-2-7-29(37(50)41-31-16-18-32(48)19-17-31)21-33(23)26-8-3-24(4-9-26)20-34(43-36(49)28-10-5-25(6-11-28)22-40-39(52)53)38(51)42-30-14-12-27(13-15-30)35-44-46-47-45-35/h2-4,7-9,12-15,21,25,28,31-32,34,40,48H,5-6,10-11,16-20,22H2,1H3,(H,41,50)(H,42,51)(H,43,49)(H,52,53)(H,44,45,46,47)/t25-,28-,31-,32-,34-/m0/s1. The molecule has 14 heteroatoms. The summed E-state index contributed by atoms with van der Waals surface area (Å²) in [6.45, 7) is 2.35. The van der Waals surface area contributed by atoms with Crippen LogP contribution >= 0.6 is 0 Å². The Morgan fingerprint density at radius 1 is 0.868 bits per heavy atom. The molecule has 2 aliphatic rings. The fourth-order valence-electron chi connectivity index (χ4n) is 7.19. The van der Waals surface area contributed by atoms with E-state index in [0.717, 1.165) is 53.5 Å². The van der Waals surface area contributed by atoms with Gasteiger partial charge in [0.1, 0.15) is 6.04 Å². The van der Waals surface area contributed by atoms with Crippen molar-refractivity contribution in [2.45, 2.75) is 82.9 Å². The van der Waals surface area contributed by atoms with Crippen LogP contribution in [0.3, 0.4) is 0 Å². The number of carboxylic acid groups (broad SMARTS) is 1.